The third-order valence-corrected chi connectivity index (χ3v) is 4.25. The molecule has 0 amide bonds. The lowest BCUT2D eigenvalue weighted by molar-refractivity contribution is -0.119. The van der Waals surface area contributed by atoms with Crippen molar-refractivity contribution in [2.75, 3.05) is 0 Å². The van der Waals surface area contributed by atoms with Gasteiger partial charge in [0.05, 0.1) is 5.25 Å². The smallest absolute Gasteiger partial charge is 0.145 e. The van der Waals surface area contributed by atoms with Crippen LogP contribution in [0.3, 0.4) is 0 Å². The van der Waals surface area contributed by atoms with Gasteiger partial charge in [-0.25, -0.2) is 0 Å². The van der Waals surface area contributed by atoms with E-state index in [0.29, 0.717) is 16.3 Å². The van der Waals surface area contributed by atoms with E-state index in [2.05, 4.69) is 6.58 Å². The molecule has 0 N–H and O–H groups in total. The van der Waals surface area contributed by atoms with Crippen molar-refractivity contribution in [2.24, 2.45) is 0 Å². The molecule has 11 heavy (non-hydrogen) atoms. The van der Waals surface area contributed by atoms with Gasteiger partial charge in [-0.05, 0) is 19.3 Å². The summed E-state index contributed by atoms with van der Waals surface area (Å²) in [5, 5.41) is 0.922. The molecule has 0 aromatic carbocycles. The van der Waals surface area contributed by atoms with Gasteiger partial charge >= 0.3 is 0 Å². The summed E-state index contributed by atoms with van der Waals surface area (Å²) in [6.07, 6.45) is 3.95. The Morgan fingerprint density at radius 2 is 2.00 bits per heavy atom. The van der Waals surface area contributed by atoms with Crippen LogP contribution in [0.15, 0.2) is 12.2 Å². The van der Waals surface area contributed by atoms with Crippen LogP contribution in [0.1, 0.15) is 25.7 Å². The zero-order chi connectivity index (χ0) is 7.84. The molecule has 2 unspecified atom stereocenters. The van der Waals surface area contributed by atoms with Crippen molar-refractivity contribution in [2.45, 2.75) is 36.2 Å². The SMILES string of the molecule is C=C1CCC2SC1CCC2=O. The fourth-order valence-corrected chi connectivity index (χ4v) is 3.27. The van der Waals surface area contributed by atoms with Gasteiger partial charge in [-0.1, -0.05) is 12.2 Å². The number of Topliss-reactive ketones (excluding diaryl/α,β-unsaturated/α-hetero) is 1. The van der Waals surface area contributed by atoms with E-state index in [1.54, 1.807) is 0 Å². The molecule has 0 spiro atoms. The van der Waals surface area contributed by atoms with Gasteiger partial charge in [-0.15, -0.1) is 11.8 Å². The summed E-state index contributed by atoms with van der Waals surface area (Å²) >= 11 is 1.84. The monoisotopic (exact) mass is 168 g/mol. The van der Waals surface area contributed by atoms with Gasteiger partial charge in [0.15, 0.2) is 0 Å². The van der Waals surface area contributed by atoms with E-state index < -0.39 is 0 Å². The Hall–Kier alpha value is -0.240. The van der Waals surface area contributed by atoms with E-state index >= 15 is 0 Å². The van der Waals surface area contributed by atoms with Crippen LogP contribution in [-0.4, -0.2) is 16.3 Å². The van der Waals surface area contributed by atoms with Gasteiger partial charge < -0.3 is 0 Å². The van der Waals surface area contributed by atoms with Crippen LogP contribution in [0.25, 0.3) is 0 Å². The first-order valence-electron chi connectivity index (χ1n) is 4.13. The number of thioether (sulfide) groups is 1. The second-order valence-corrected chi connectivity index (χ2v) is 4.73. The molecule has 1 nitrogen and oxygen atoms in total. The summed E-state index contributed by atoms with van der Waals surface area (Å²) in [5.41, 5.74) is 1.36. The molecule has 2 atom stereocenters. The van der Waals surface area contributed by atoms with E-state index in [4.69, 9.17) is 0 Å². The van der Waals surface area contributed by atoms with E-state index in [1.807, 2.05) is 11.8 Å². The standard InChI is InChI=1S/C9H12OS/c1-6-2-4-9-7(10)3-5-8(6)11-9/h8-9H,1-5H2. The summed E-state index contributed by atoms with van der Waals surface area (Å²) in [7, 11) is 0. The van der Waals surface area contributed by atoms with E-state index in [1.165, 1.54) is 5.57 Å². The van der Waals surface area contributed by atoms with Crippen LogP contribution in [0, 0.1) is 0 Å². The molecule has 2 heteroatoms. The van der Waals surface area contributed by atoms with Crippen molar-refractivity contribution in [3.8, 4) is 0 Å². The number of fused-ring (bicyclic) bond motifs is 2. The van der Waals surface area contributed by atoms with Crippen molar-refractivity contribution >= 4 is 17.5 Å². The number of carbonyl (C=O) groups excluding carboxylic acids is 1. The van der Waals surface area contributed by atoms with Crippen molar-refractivity contribution in [3.05, 3.63) is 12.2 Å². The molecule has 0 aromatic heterocycles. The zero-order valence-electron chi connectivity index (χ0n) is 6.51. The van der Waals surface area contributed by atoms with Crippen LogP contribution in [0.5, 0.6) is 0 Å². The molecule has 0 aliphatic carbocycles. The number of hydrogen-bond donors (Lipinski definition) is 0. The lowest BCUT2D eigenvalue weighted by Gasteiger charge is -2.34. The van der Waals surface area contributed by atoms with E-state index in [0.717, 1.165) is 25.7 Å². The molecule has 2 saturated heterocycles. The Morgan fingerprint density at radius 1 is 1.27 bits per heavy atom. The second-order valence-electron chi connectivity index (χ2n) is 3.32. The average molecular weight is 168 g/mol. The maximum atomic E-state index is 11.3. The quantitative estimate of drug-likeness (QED) is 0.516. The highest BCUT2D eigenvalue weighted by molar-refractivity contribution is 8.01. The van der Waals surface area contributed by atoms with Crippen molar-refractivity contribution in [1.82, 2.24) is 0 Å². The highest BCUT2D eigenvalue weighted by atomic mass is 32.2. The molecule has 2 aliphatic rings. The summed E-state index contributed by atoms with van der Waals surface area (Å²) in [6.45, 7) is 4.03. The molecule has 0 aromatic rings. The van der Waals surface area contributed by atoms with Gasteiger partial charge in [-0.2, -0.15) is 0 Å². The Labute approximate surface area is 71.2 Å². The number of rotatable bonds is 0. The average Bonchev–Trinajstić information content (AvgIpc) is 2.02. The van der Waals surface area contributed by atoms with Crippen LogP contribution < -0.4 is 0 Å². The number of hydrogen-bond acceptors (Lipinski definition) is 2. The maximum absolute atomic E-state index is 11.3. The minimum Gasteiger partial charge on any atom is -0.298 e. The lowest BCUT2D eigenvalue weighted by Crippen LogP contribution is -2.32. The summed E-state index contributed by atoms with van der Waals surface area (Å²) < 4.78 is 0. The first-order chi connectivity index (χ1) is 5.27. The van der Waals surface area contributed by atoms with E-state index in [9.17, 15) is 4.79 Å². The minimum absolute atomic E-state index is 0.319. The predicted octanol–water partition coefficient (Wildman–Crippen LogP) is 2.17. The van der Waals surface area contributed by atoms with Crippen molar-refractivity contribution < 1.29 is 4.79 Å². The molecule has 2 aliphatic heterocycles. The first-order valence-corrected chi connectivity index (χ1v) is 5.07. The van der Waals surface area contributed by atoms with Gasteiger partial charge in [0.25, 0.3) is 0 Å². The second kappa shape index (κ2) is 2.67. The Kier molecular flexibility index (Phi) is 1.80. The Balaban J connectivity index is 2.14. The molecular weight excluding hydrogens is 156 g/mol. The summed E-state index contributed by atoms with van der Waals surface area (Å²) in [5.74, 6) is 0.471. The maximum Gasteiger partial charge on any atom is 0.145 e. The molecule has 60 valence electrons. The largest absolute Gasteiger partial charge is 0.298 e. The van der Waals surface area contributed by atoms with Gasteiger partial charge in [0.2, 0.25) is 0 Å². The van der Waals surface area contributed by atoms with Crippen LogP contribution in [0.4, 0.5) is 0 Å². The minimum atomic E-state index is 0.319. The molecule has 2 rings (SSSR count). The fourth-order valence-electron chi connectivity index (χ4n) is 1.78. The Morgan fingerprint density at radius 3 is 2.82 bits per heavy atom. The third-order valence-electron chi connectivity index (χ3n) is 2.52. The van der Waals surface area contributed by atoms with Gasteiger partial charge in [-0.3, -0.25) is 4.79 Å². The summed E-state index contributed by atoms with van der Waals surface area (Å²) in [4.78, 5) is 11.3. The fraction of sp³-hybridized carbons (Fsp3) is 0.667. The normalized spacial score (nSPS) is 37.5. The van der Waals surface area contributed by atoms with Gasteiger partial charge in [0.1, 0.15) is 5.78 Å². The predicted molar refractivity (Wildman–Crippen MR) is 47.8 cm³/mol. The molecule has 2 bridgehead atoms. The van der Waals surface area contributed by atoms with Crippen LogP contribution >= 0.6 is 11.8 Å². The molecule has 2 heterocycles. The molecule has 0 radical (unpaired) electrons. The number of carbonyl (C=O) groups is 1. The van der Waals surface area contributed by atoms with Gasteiger partial charge in [0, 0.05) is 11.7 Å². The van der Waals surface area contributed by atoms with E-state index in [-0.39, 0.29) is 0 Å². The first kappa shape index (κ1) is 7.41. The third kappa shape index (κ3) is 1.24. The Bertz CT molecular complexity index is 188. The topological polar surface area (TPSA) is 17.1 Å². The lowest BCUT2D eigenvalue weighted by atomic mass is 9.94. The highest BCUT2D eigenvalue weighted by Crippen LogP contribution is 2.41. The zero-order valence-corrected chi connectivity index (χ0v) is 7.32. The van der Waals surface area contributed by atoms with Crippen molar-refractivity contribution in [3.63, 3.8) is 0 Å². The summed E-state index contributed by atoms with van der Waals surface area (Å²) in [6, 6.07) is 0. The highest BCUT2D eigenvalue weighted by Gasteiger charge is 2.34. The van der Waals surface area contributed by atoms with Crippen LogP contribution in [0.2, 0.25) is 0 Å². The molecule has 2 fully saturated rings. The van der Waals surface area contributed by atoms with Crippen molar-refractivity contribution in [1.29, 1.82) is 0 Å². The van der Waals surface area contributed by atoms with Crippen LogP contribution in [-0.2, 0) is 4.79 Å². The molecular formula is C9H12OS. The molecule has 0 saturated carbocycles. The number of ketones is 1.